The van der Waals surface area contributed by atoms with Crippen molar-refractivity contribution in [3.05, 3.63) is 97.4 Å². The highest BCUT2D eigenvalue weighted by Crippen LogP contribution is 2.27. The quantitative estimate of drug-likeness (QED) is 0.428. The number of hydrogen-bond donors (Lipinski definition) is 0. The third-order valence-electron chi connectivity index (χ3n) is 6.80. The van der Waals surface area contributed by atoms with Crippen molar-refractivity contribution in [2.24, 2.45) is 7.05 Å². The van der Waals surface area contributed by atoms with E-state index in [4.69, 9.17) is 4.98 Å². The van der Waals surface area contributed by atoms with E-state index in [-0.39, 0.29) is 11.2 Å². The van der Waals surface area contributed by atoms with Crippen LogP contribution in [-0.2, 0) is 20.0 Å². The van der Waals surface area contributed by atoms with Gasteiger partial charge in [-0.3, -0.25) is 22.9 Å². The minimum absolute atomic E-state index is 0.308. The molecule has 7 nitrogen and oxygen atoms in total. The summed E-state index contributed by atoms with van der Waals surface area (Å²) in [6.45, 7) is 8.51. The molecule has 0 spiro atoms. The van der Waals surface area contributed by atoms with E-state index < -0.39 is 0 Å². The number of imidazole rings is 2. The second-order valence-corrected chi connectivity index (χ2v) is 8.68. The maximum absolute atomic E-state index is 13.6. The molecule has 7 heteroatoms. The first kappa shape index (κ1) is 21.0. The van der Waals surface area contributed by atoms with Crippen LogP contribution in [0.5, 0.6) is 0 Å². The smallest absolute Gasteiger partial charge is 0.282 e. The summed E-state index contributed by atoms with van der Waals surface area (Å²) in [5.74, 6) is 0.640. The molecule has 0 saturated heterocycles. The molecule has 0 aliphatic heterocycles. The van der Waals surface area contributed by atoms with Crippen LogP contribution in [0.2, 0.25) is 0 Å². The number of rotatable bonds is 4. The van der Waals surface area contributed by atoms with Gasteiger partial charge in [0.05, 0.1) is 5.69 Å². The maximum Gasteiger partial charge on any atom is 0.332 e. The summed E-state index contributed by atoms with van der Waals surface area (Å²) < 4.78 is 6.79. The topological polar surface area (TPSA) is 66.2 Å². The Morgan fingerprint density at radius 2 is 1.61 bits per heavy atom. The van der Waals surface area contributed by atoms with E-state index in [0.29, 0.717) is 29.9 Å². The largest absolute Gasteiger partial charge is 0.332 e. The van der Waals surface area contributed by atoms with Gasteiger partial charge in [-0.25, -0.2) is 4.79 Å². The molecule has 0 aliphatic rings. The van der Waals surface area contributed by atoms with Crippen molar-refractivity contribution in [2.75, 3.05) is 0 Å². The Morgan fingerprint density at radius 1 is 0.879 bits per heavy atom. The first-order chi connectivity index (χ1) is 15.8. The van der Waals surface area contributed by atoms with Crippen molar-refractivity contribution >= 4 is 16.9 Å². The lowest BCUT2D eigenvalue weighted by Gasteiger charge is -2.12. The highest BCUT2D eigenvalue weighted by molar-refractivity contribution is 5.77. The number of aryl methyl sites for hydroxylation is 4. The molecule has 0 aliphatic carbocycles. The fraction of sp³-hybridized carbons (Fsp3) is 0.269. The van der Waals surface area contributed by atoms with Crippen LogP contribution in [0.3, 0.4) is 0 Å². The van der Waals surface area contributed by atoms with Gasteiger partial charge in [0.15, 0.2) is 11.2 Å². The average Bonchev–Trinajstić information content (AvgIpc) is 3.31. The van der Waals surface area contributed by atoms with E-state index >= 15 is 0 Å². The molecule has 0 saturated carbocycles. The third-order valence-corrected chi connectivity index (χ3v) is 6.80. The van der Waals surface area contributed by atoms with Crippen LogP contribution in [0.4, 0.5) is 0 Å². The molecule has 0 radical (unpaired) electrons. The molecular formula is C26H27N5O2. The summed E-state index contributed by atoms with van der Waals surface area (Å²) in [5, 5.41) is 0. The number of nitrogens with zero attached hydrogens (tertiary/aromatic N) is 5. The van der Waals surface area contributed by atoms with Crippen LogP contribution in [0.15, 0.2) is 58.1 Å². The fourth-order valence-corrected chi connectivity index (χ4v) is 4.60. The number of fused-ring (bicyclic) bond motifs is 3. The van der Waals surface area contributed by atoms with E-state index in [2.05, 4.69) is 30.5 Å². The van der Waals surface area contributed by atoms with Gasteiger partial charge in [0.25, 0.3) is 5.56 Å². The van der Waals surface area contributed by atoms with Crippen molar-refractivity contribution in [1.82, 2.24) is 23.1 Å². The van der Waals surface area contributed by atoms with Crippen LogP contribution in [0.25, 0.3) is 22.6 Å². The Kier molecular flexibility index (Phi) is 4.85. The standard InChI is InChI=1S/C26H27N5O2/c1-16-10-9-13-21(17(16)2)30-18(3)19(4)31-22-23(27-25(30)31)28(5)26(33)29(24(22)32)15-14-20-11-7-6-8-12-20/h6-13H,14-15H2,1-5H3. The van der Waals surface area contributed by atoms with Gasteiger partial charge in [-0.2, -0.15) is 4.98 Å². The monoisotopic (exact) mass is 441 g/mol. The Bertz CT molecular complexity index is 1650. The predicted molar refractivity (Wildman–Crippen MR) is 131 cm³/mol. The Hall–Kier alpha value is -3.87. The zero-order valence-electron chi connectivity index (χ0n) is 19.6. The average molecular weight is 442 g/mol. The second-order valence-electron chi connectivity index (χ2n) is 8.68. The summed E-state index contributed by atoms with van der Waals surface area (Å²) >= 11 is 0. The summed E-state index contributed by atoms with van der Waals surface area (Å²) in [6.07, 6.45) is 0.602. The molecule has 0 bridgehead atoms. The van der Waals surface area contributed by atoms with E-state index in [1.807, 2.05) is 54.6 Å². The van der Waals surface area contributed by atoms with E-state index in [1.165, 1.54) is 14.7 Å². The molecule has 0 unspecified atom stereocenters. The van der Waals surface area contributed by atoms with Crippen LogP contribution < -0.4 is 11.2 Å². The summed E-state index contributed by atoms with van der Waals surface area (Å²) in [5.41, 5.74) is 6.56. The van der Waals surface area contributed by atoms with Crippen molar-refractivity contribution in [3.63, 3.8) is 0 Å². The Labute approximate surface area is 191 Å². The number of hydrogen-bond acceptors (Lipinski definition) is 3. The predicted octanol–water partition coefficient (Wildman–Crippen LogP) is 3.61. The van der Waals surface area contributed by atoms with Crippen molar-refractivity contribution < 1.29 is 0 Å². The van der Waals surface area contributed by atoms with Crippen LogP contribution in [0.1, 0.15) is 28.1 Å². The molecule has 0 amide bonds. The molecule has 0 fully saturated rings. The molecule has 3 aromatic heterocycles. The van der Waals surface area contributed by atoms with Gasteiger partial charge in [-0.05, 0) is 56.9 Å². The van der Waals surface area contributed by atoms with Gasteiger partial charge < -0.3 is 0 Å². The van der Waals surface area contributed by atoms with Crippen LogP contribution in [-0.4, -0.2) is 23.1 Å². The van der Waals surface area contributed by atoms with E-state index in [9.17, 15) is 9.59 Å². The molecule has 33 heavy (non-hydrogen) atoms. The van der Waals surface area contributed by atoms with Gasteiger partial charge in [0, 0.05) is 25.0 Å². The summed E-state index contributed by atoms with van der Waals surface area (Å²) in [4.78, 5) is 31.5. The van der Waals surface area contributed by atoms with Gasteiger partial charge >= 0.3 is 5.69 Å². The van der Waals surface area contributed by atoms with Gasteiger partial charge in [0.1, 0.15) is 0 Å². The normalized spacial score (nSPS) is 11.7. The molecule has 3 heterocycles. The Morgan fingerprint density at radius 3 is 2.33 bits per heavy atom. The molecule has 0 atom stereocenters. The maximum atomic E-state index is 13.6. The molecule has 0 N–H and O–H groups in total. The highest BCUT2D eigenvalue weighted by atomic mass is 16.2. The molecule has 2 aromatic carbocycles. The molecule has 168 valence electrons. The Balaban J connectivity index is 1.79. The van der Waals surface area contributed by atoms with Crippen LogP contribution >= 0.6 is 0 Å². The van der Waals surface area contributed by atoms with Gasteiger partial charge in [-0.1, -0.05) is 42.5 Å². The molecular weight excluding hydrogens is 414 g/mol. The highest BCUT2D eigenvalue weighted by Gasteiger charge is 2.23. The summed E-state index contributed by atoms with van der Waals surface area (Å²) in [7, 11) is 1.68. The second kappa shape index (κ2) is 7.62. The fourth-order valence-electron chi connectivity index (χ4n) is 4.60. The van der Waals surface area contributed by atoms with Gasteiger partial charge in [0.2, 0.25) is 5.78 Å². The lowest BCUT2D eigenvalue weighted by atomic mass is 10.1. The third kappa shape index (κ3) is 3.07. The minimum Gasteiger partial charge on any atom is -0.282 e. The first-order valence-corrected chi connectivity index (χ1v) is 11.1. The zero-order chi connectivity index (χ0) is 23.4. The van der Waals surface area contributed by atoms with Crippen molar-refractivity contribution in [2.45, 2.75) is 40.7 Å². The minimum atomic E-state index is -0.350. The van der Waals surface area contributed by atoms with E-state index in [0.717, 1.165) is 28.2 Å². The van der Waals surface area contributed by atoms with Crippen molar-refractivity contribution in [1.29, 1.82) is 0 Å². The lowest BCUT2D eigenvalue weighted by Crippen LogP contribution is -2.39. The van der Waals surface area contributed by atoms with Crippen LogP contribution in [0, 0.1) is 27.7 Å². The zero-order valence-corrected chi connectivity index (χ0v) is 19.6. The van der Waals surface area contributed by atoms with Crippen molar-refractivity contribution in [3.8, 4) is 5.69 Å². The lowest BCUT2D eigenvalue weighted by molar-refractivity contribution is 0.602. The van der Waals surface area contributed by atoms with Gasteiger partial charge in [-0.15, -0.1) is 0 Å². The molecule has 5 rings (SSSR count). The number of benzene rings is 2. The summed E-state index contributed by atoms with van der Waals surface area (Å²) in [6, 6.07) is 16.0. The molecule has 5 aromatic rings. The number of aromatic nitrogens is 5. The first-order valence-electron chi connectivity index (χ1n) is 11.1. The van der Waals surface area contributed by atoms with E-state index in [1.54, 1.807) is 7.05 Å². The SMILES string of the molecule is Cc1cccc(-n2c(C)c(C)n3c4c(=O)n(CCc5ccccc5)c(=O)n(C)c4nc23)c1C.